The summed E-state index contributed by atoms with van der Waals surface area (Å²) in [6, 6.07) is 0. The fraction of sp³-hybridized carbons (Fsp3) is 1.00. The maximum Gasteiger partial charge on any atom is 0.0725 e. The molecule has 2 atom stereocenters. The molecular formula is C13H26N2O. The van der Waals surface area contributed by atoms with E-state index in [2.05, 4.69) is 24.1 Å². The van der Waals surface area contributed by atoms with Gasteiger partial charge in [0.2, 0.25) is 0 Å². The Balaban J connectivity index is 1.75. The molecule has 0 aromatic heterocycles. The second-order valence-corrected chi connectivity index (χ2v) is 5.63. The highest BCUT2D eigenvalue weighted by molar-refractivity contribution is 4.78. The molecule has 2 heterocycles. The molecule has 0 aromatic rings. The number of morpholine rings is 1. The molecule has 2 aliphatic rings. The lowest BCUT2D eigenvalue weighted by molar-refractivity contribution is -0.0547. The fourth-order valence-corrected chi connectivity index (χ4v) is 2.75. The number of hydrogen-bond acceptors (Lipinski definition) is 3. The van der Waals surface area contributed by atoms with Gasteiger partial charge >= 0.3 is 0 Å². The van der Waals surface area contributed by atoms with E-state index in [0.717, 1.165) is 25.6 Å². The maximum absolute atomic E-state index is 5.80. The third-order valence-electron chi connectivity index (χ3n) is 3.84. The summed E-state index contributed by atoms with van der Waals surface area (Å²) in [6.07, 6.45) is 3.20. The molecule has 2 saturated heterocycles. The molecule has 3 heteroatoms. The Bertz CT molecular complexity index is 202. The lowest BCUT2D eigenvalue weighted by atomic mass is 9.98. The van der Waals surface area contributed by atoms with Crippen LogP contribution in [0.5, 0.6) is 0 Å². The van der Waals surface area contributed by atoms with Crippen LogP contribution in [0.1, 0.15) is 26.7 Å². The molecule has 94 valence electrons. The Kier molecular flexibility index (Phi) is 4.62. The van der Waals surface area contributed by atoms with Gasteiger partial charge < -0.3 is 10.1 Å². The van der Waals surface area contributed by atoms with E-state index in [9.17, 15) is 0 Å². The zero-order valence-corrected chi connectivity index (χ0v) is 10.7. The number of nitrogens with zero attached hydrogens (tertiary/aromatic N) is 1. The largest absolute Gasteiger partial charge is 0.375 e. The van der Waals surface area contributed by atoms with Gasteiger partial charge in [-0.1, -0.05) is 13.8 Å². The van der Waals surface area contributed by atoms with Crippen LogP contribution >= 0.6 is 0 Å². The van der Waals surface area contributed by atoms with Crippen molar-refractivity contribution < 1.29 is 4.74 Å². The van der Waals surface area contributed by atoms with E-state index >= 15 is 0 Å². The van der Waals surface area contributed by atoms with Crippen molar-refractivity contribution in [1.82, 2.24) is 10.2 Å². The molecule has 1 N–H and O–H groups in total. The van der Waals surface area contributed by atoms with Crippen molar-refractivity contribution in [3.8, 4) is 0 Å². The van der Waals surface area contributed by atoms with Crippen molar-refractivity contribution >= 4 is 0 Å². The predicted molar refractivity (Wildman–Crippen MR) is 66.6 cm³/mol. The quantitative estimate of drug-likeness (QED) is 0.786. The SMILES string of the molecule is CC(C)C1CN(CC2CCCNC2)CCO1. The van der Waals surface area contributed by atoms with Crippen LogP contribution in [0.3, 0.4) is 0 Å². The minimum atomic E-state index is 0.449. The summed E-state index contributed by atoms with van der Waals surface area (Å²) >= 11 is 0. The molecule has 0 aromatic carbocycles. The first-order chi connectivity index (χ1) is 7.75. The number of hydrogen-bond donors (Lipinski definition) is 1. The van der Waals surface area contributed by atoms with Crippen molar-refractivity contribution in [1.29, 1.82) is 0 Å². The molecule has 3 nitrogen and oxygen atoms in total. The summed E-state index contributed by atoms with van der Waals surface area (Å²) in [4.78, 5) is 2.60. The Morgan fingerprint density at radius 2 is 2.31 bits per heavy atom. The third-order valence-corrected chi connectivity index (χ3v) is 3.84. The van der Waals surface area contributed by atoms with E-state index in [0.29, 0.717) is 12.0 Å². The molecule has 0 amide bonds. The molecule has 0 bridgehead atoms. The molecule has 0 radical (unpaired) electrons. The smallest absolute Gasteiger partial charge is 0.0725 e. The highest BCUT2D eigenvalue weighted by Gasteiger charge is 2.25. The highest BCUT2D eigenvalue weighted by Crippen LogP contribution is 2.17. The predicted octanol–water partition coefficient (Wildman–Crippen LogP) is 1.34. The first-order valence-corrected chi connectivity index (χ1v) is 6.80. The van der Waals surface area contributed by atoms with Crippen LogP contribution in [-0.4, -0.2) is 50.3 Å². The van der Waals surface area contributed by atoms with Gasteiger partial charge in [-0.2, -0.15) is 0 Å². The minimum absolute atomic E-state index is 0.449. The molecule has 0 aliphatic carbocycles. The van der Waals surface area contributed by atoms with Gasteiger partial charge in [0.15, 0.2) is 0 Å². The summed E-state index contributed by atoms with van der Waals surface area (Å²) in [5.74, 6) is 1.51. The van der Waals surface area contributed by atoms with Gasteiger partial charge in [0, 0.05) is 19.6 Å². The van der Waals surface area contributed by atoms with Crippen molar-refractivity contribution in [3.63, 3.8) is 0 Å². The maximum atomic E-state index is 5.80. The highest BCUT2D eigenvalue weighted by atomic mass is 16.5. The summed E-state index contributed by atoms with van der Waals surface area (Å²) in [7, 11) is 0. The topological polar surface area (TPSA) is 24.5 Å². The normalized spacial score (nSPS) is 33.2. The van der Waals surface area contributed by atoms with Gasteiger partial charge in [-0.15, -0.1) is 0 Å². The van der Waals surface area contributed by atoms with E-state index < -0.39 is 0 Å². The van der Waals surface area contributed by atoms with Crippen LogP contribution in [0.25, 0.3) is 0 Å². The van der Waals surface area contributed by atoms with Crippen molar-refractivity contribution in [3.05, 3.63) is 0 Å². The average Bonchev–Trinajstić information content (AvgIpc) is 2.30. The lowest BCUT2D eigenvalue weighted by Crippen LogP contribution is -2.48. The van der Waals surface area contributed by atoms with Gasteiger partial charge in [0.1, 0.15) is 0 Å². The first-order valence-electron chi connectivity index (χ1n) is 6.80. The third kappa shape index (κ3) is 3.44. The molecule has 2 aliphatic heterocycles. The first kappa shape index (κ1) is 12.3. The Morgan fingerprint density at radius 1 is 1.44 bits per heavy atom. The molecular weight excluding hydrogens is 200 g/mol. The molecule has 16 heavy (non-hydrogen) atoms. The van der Waals surface area contributed by atoms with E-state index in [1.807, 2.05) is 0 Å². The van der Waals surface area contributed by atoms with Crippen LogP contribution in [0.15, 0.2) is 0 Å². The molecule has 2 fully saturated rings. The molecule has 2 unspecified atom stereocenters. The van der Waals surface area contributed by atoms with Crippen molar-refractivity contribution in [2.75, 3.05) is 39.3 Å². The monoisotopic (exact) mass is 226 g/mol. The van der Waals surface area contributed by atoms with Gasteiger partial charge in [0.05, 0.1) is 12.7 Å². The minimum Gasteiger partial charge on any atom is -0.375 e. The number of piperidine rings is 1. The van der Waals surface area contributed by atoms with Gasteiger partial charge in [-0.25, -0.2) is 0 Å². The van der Waals surface area contributed by atoms with E-state index in [-0.39, 0.29) is 0 Å². The second kappa shape index (κ2) is 5.99. The van der Waals surface area contributed by atoms with Gasteiger partial charge in [-0.05, 0) is 37.8 Å². The number of ether oxygens (including phenoxy) is 1. The van der Waals surface area contributed by atoms with Gasteiger partial charge in [0.25, 0.3) is 0 Å². The summed E-state index contributed by atoms with van der Waals surface area (Å²) in [5, 5.41) is 3.50. The lowest BCUT2D eigenvalue weighted by Gasteiger charge is -2.37. The Hall–Kier alpha value is -0.120. The Labute approximate surface area is 99.5 Å². The number of nitrogens with one attached hydrogen (secondary N) is 1. The summed E-state index contributed by atoms with van der Waals surface area (Å²) in [6.45, 7) is 11.4. The van der Waals surface area contributed by atoms with E-state index in [4.69, 9.17) is 4.74 Å². The van der Waals surface area contributed by atoms with Crippen LogP contribution in [0, 0.1) is 11.8 Å². The number of rotatable bonds is 3. The van der Waals surface area contributed by atoms with Crippen molar-refractivity contribution in [2.45, 2.75) is 32.8 Å². The zero-order chi connectivity index (χ0) is 11.4. The molecule has 2 rings (SSSR count). The fourth-order valence-electron chi connectivity index (χ4n) is 2.75. The van der Waals surface area contributed by atoms with E-state index in [1.54, 1.807) is 0 Å². The summed E-state index contributed by atoms with van der Waals surface area (Å²) < 4.78 is 5.80. The van der Waals surface area contributed by atoms with Gasteiger partial charge in [-0.3, -0.25) is 4.90 Å². The average molecular weight is 226 g/mol. The zero-order valence-electron chi connectivity index (χ0n) is 10.7. The standard InChI is InChI=1S/C13H26N2O/c1-11(2)13-10-15(6-7-16-13)9-12-4-3-5-14-8-12/h11-14H,3-10H2,1-2H3. The molecule has 0 saturated carbocycles. The molecule has 0 spiro atoms. The van der Waals surface area contributed by atoms with E-state index in [1.165, 1.54) is 32.5 Å². The van der Waals surface area contributed by atoms with Crippen LogP contribution in [0.2, 0.25) is 0 Å². The summed E-state index contributed by atoms with van der Waals surface area (Å²) in [5.41, 5.74) is 0. The van der Waals surface area contributed by atoms with Crippen LogP contribution in [0.4, 0.5) is 0 Å². The van der Waals surface area contributed by atoms with Crippen LogP contribution in [-0.2, 0) is 4.74 Å². The Morgan fingerprint density at radius 3 is 3.00 bits per heavy atom. The van der Waals surface area contributed by atoms with Crippen LogP contribution < -0.4 is 5.32 Å². The van der Waals surface area contributed by atoms with Crippen molar-refractivity contribution in [2.24, 2.45) is 11.8 Å². The second-order valence-electron chi connectivity index (χ2n) is 5.63.